The summed E-state index contributed by atoms with van der Waals surface area (Å²) in [4.78, 5) is 11.0. The highest BCUT2D eigenvalue weighted by atomic mass is 16.4. The van der Waals surface area contributed by atoms with E-state index in [1.807, 2.05) is 0 Å². The number of hydrogen-bond acceptors (Lipinski definition) is 2. The Morgan fingerprint density at radius 2 is 1.76 bits per heavy atom. The molecule has 0 aliphatic heterocycles. The van der Waals surface area contributed by atoms with Crippen molar-refractivity contribution in [2.75, 3.05) is 6.54 Å². The predicted octanol–water partition coefficient (Wildman–Crippen LogP) is 2.90. The van der Waals surface area contributed by atoms with E-state index >= 15 is 0 Å². The molecule has 1 aliphatic carbocycles. The van der Waals surface area contributed by atoms with Gasteiger partial charge in [0.05, 0.1) is 5.41 Å². The number of aliphatic carboxylic acids is 1. The SMILES string of the molecule is CC1CC(C)CC(NCCC(C)(C)C(=O)O)C1. The molecule has 1 saturated carbocycles. The molecule has 2 N–H and O–H groups in total. The first kappa shape index (κ1) is 14.5. The molecule has 0 aromatic heterocycles. The number of nitrogens with one attached hydrogen (secondary N) is 1. The molecule has 0 saturated heterocycles. The lowest BCUT2D eigenvalue weighted by molar-refractivity contribution is -0.147. The van der Waals surface area contributed by atoms with Gasteiger partial charge in [0.25, 0.3) is 0 Å². The van der Waals surface area contributed by atoms with Crippen LogP contribution in [0.2, 0.25) is 0 Å². The first-order valence-corrected chi connectivity index (χ1v) is 6.78. The second-order valence-corrected chi connectivity index (χ2v) is 6.51. The van der Waals surface area contributed by atoms with Gasteiger partial charge in [0.2, 0.25) is 0 Å². The summed E-state index contributed by atoms with van der Waals surface area (Å²) in [7, 11) is 0. The van der Waals surface area contributed by atoms with Crippen LogP contribution in [-0.2, 0) is 4.79 Å². The molecule has 2 unspecified atom stereocenters. The van der Waals surface area contributed by atoms with E-state index in [9.17, 15) is 4.79 Å². The molecule has 100 valence electrons. The van der Waals surface area contributed by atoms with Gasteiger partial charge in [-0.2, -0.15) is 0 Å². The van der Waals surface area contributed by atoms with Crippen molar-refractivity contribution >= 4 is 5.97 Å². The second-order valence-electron chi connectivity index (χ2n) is 6.51. The largest absolute Gasteiger partial charge is 0.481 e. The topological polar surface area (TPSA) is 49.3 Å². The van der Waals surface area contributed by atoms with Gasteiger partial charge in [0, 0.05) is 6.04 Å². The van der Waals surface area contributed by atoms with Gasteiger partial charge in [-0.1, -0.05) is 13.8 Å². The van der Waals surface area contributed by atoms with Crippen LogP contribution in [-0.4, -0.2) is 23.7 Å². The molecule has 0 aromatic carbocycles. The van der Waals surface area contributed by atoms with Crippen molar-refractivity contribution in [3.8, 4) is 0 Å². The maximum Gasteiger partial charge on any atom is 0.309 e. The molecular formula is C14H27NO2. The Bertz CT molecular complexity index is 253. The van der Waals surface area contributed by atoms with E-state index in [0.717, 1.165) is 18.4 Å². The molecule has 3 heteroatoms. The number of carboxylic acids is 1. The van der Waals surface area contributed by atoms with Gasteiger partial charge < -0.3 is 10.4 Å². The first-order chi connectivity index (χ1) is 7.81. The van der Waals surface area contributed by atoms with Crippen LogP contribution in [0.3, 0.4) is 0 Å². The summed E-state index contributed by atoms with van der Waals surface area (Å²) >= 11 is 0. The molecule has 3 nitrogen and oxygen atoms in total. The highest BCUT2D eigenvalue weighted by Gasteiger charge is 2.28. The molecule has 1 rings (SSSR count). The molecule has 0 amide bonds. The second kappa shape index (κ2) is 5.85. The number of hydrogen-bond donors (Lipinski definition) is 2. The van der Waals surface area contributed by atoms with Crippen molar-refractivity contribution < 1.29 is 9.90 Å². The fourth-order valence-corrected chi connectivity index (χ4v) is 2.81. The van der Waals surface area contributed by atoms with Crippen molar-refractivity contribution in [2.24, 2.45) is 17.3 Å². The zero-order chi connectivity index (χ0) is 13.1. The monoisotopic (exact) mass is 241 g/mol. The van der Waals surface area contributed by atoms with Crippen LogP contribution in [0, 0.1) is 17.3 Å². The van der Waals surface area contributed by atoms with Gasteiger partial charge in [-0.25, -0.2) is 0 Å². The zero-order valence-corrected chi connectivity index (χ0v) is 11.6. The van der Waals surface area contributed by atoms with Crippen molar-refractivity contribution in [1.29, 1.82) is 0 Å². The summed E-state index contributed by atoms with van der Waals surface area (Å²) in [6.07, 6.45) is 4.50. The third kappa shape index (κ3) is 4.66. The Morgan fingerprint density at radius 3 is 2.24 bits per heavy atom. The van der Waals surface area contributed by atoms with Crippen molar-refractivity contribution in [2.45, 2.75) is 59.4 Å². The fourth-order valence-electron chi connectivity index (χ4n) is 2.81. The molecule has 2 atom stereocenters. The summed E-state index contributed by atoms with van der Waals surface area (Å²) in [5.41, 5.74) is -0.612. The average molecular weight is 241 g/mol. The maximum absolute atomic E-state index is 11.0. The highest BCUT2D eigenvalue weighted by molar-refractivity contribution is 5.73. The Morgan fingerprint density at radius 1 is 1.24 bits per heavy atom. The summed E-state index contributed by atoms with van der Waals surface area (Å²) < 4.78 is 0. The highest BCUT2D eigenvalue weighted by Crippen LogP contribution is 2.28. The van der Waals surface area contributed by atoms with Crippen LogP contribution < -0.4 is 5.32 Å². The normalized spacial score (nSPS) is 30.2. The van der Waals surface area contributed by atoms with E-state index in [1.165, 1.54) is 19.3 Å². The molecular weight excluding hydrogens is 214 g/mol. The van der Waals surface area contributed by atoms with Crippen molar-refractivity contribution in [3.63, 3.8) is 0 Å². The average Bonchev–Trinajstić information content (AvgIpc) is 2.15. The summed E-state index contributed by atoms with van der Waals surface area (Å²) in [5.74, 6) is 0.886. The summed E-state index contributed by atoms with van der Waals surface area (Å²) in [5, 5.41) is 12.6. The molecule has 0 aromatic rings. The lowest BCUT2D eigenvalue weighted by atomic mass is 9.80. The lowest BCUT2D eigenvalue weighted by Gasteiger charge is -2.32. The van der Waals surface area contributed by atoms with Gasteiger partial charge in [-0.05, 0) is 57.9 Å². The molecule has 0 heterocycles. The van der Waals surface area contributed by atoms with Crippen LogP contribution in [0.5, 0.6) is 0 Å². The van der Waals surface area contributed by atoms with Crippen LogP contribution in [0.25, 0.3) is 0 Å². The lowest BCUT2D eigenvalue weighted by Crippen LogP contribution is -2.39. The number of carbonyl (C=O) groups is 1. The minimum Gasteiger partial charge on any atom is -0.481 e. The van der Waals surface area contributed by atoms with Crippen LogP contribution in [0.4, 0.5) is 0 Å². The van der Waals surface area contributed by atoms with E-state index in [-0.39, 0.29) is 0 Å². The molecule has 0 bridgehead atoms. The summed E-state index contributed by atoms with van der Waals surface area (Å²) in [6, 6.07) is 0.582. The van der Waals surface area contributed by atoms with E-state index in [4.69, 9.17) is 5.11 Å². The zero-order valence-electron chi connectivity index (χ0n) is 11.6. The quantitative estimate of drug-likeness (QED) is 0.778. The Balaban J connectivity index is 2.29. The standard InChI is InChI=1S/C14H27NO2/c1-10-7-11(2)9-12(8-10)15-6-5-14(3,4)13(16)17/h10-12,15H,5-9H2,1-4H3,(H,16,17). The van der Waals surface area contributed by atoms with E-state index in [2.05, 4.69) is 19.2 Å². The molecule has 1 aliphatic rings. The van der Waals surface area contributed by atoms with Gasteiger partial charge in [-0.15, -0.1) is 0 Å². The van der Waals surface area contributed by atoms with E-state index in [0.29, 0.717) is 12.5 Å². The number of carboxylic acid groups (broad SMARTS) is 1. The van der Waals surface area contributed by atoms with Gasteiger partial charge in [0.15, 0.2) is 0 Å². The molecule has 17 heavy (non-hydrogen) atoms. The Kier molecular flexibility index (Phi) is 4.99. The van der Waals surface area contributed by atoms with Gasteiger partial charge in [0.1, 0.15) is 0 Å². The maximum atomic E-state index is 11.0. The fraction of sp³-hybridized carbons (Fsp3) is 0.929. The van der Waals surface area contributed by atoms with Crippen LogP contribution >= 0.6 is 0 Å². The Hall–Kier alpha value is -0.570. The van der Waals surface area contributed by atoms with Gasteiger partial charge in [-0.3, -0.25) is 4.79 Å². The van der Waals surface area contributed by atoms with Crippen LogP contribution in [0.1, 0.15) is 53.4 Å². The third-order valence-corrected chi connectivity index (χ3v) is 3.94. The first-order valence-electron chi connectivity index (χ1n) is 6.78. The predicted molar refractivity (Wildman–Crippen MR) is 70.0 cm³/mol. The molecule has 0 radical (unpaired) electrons. The third-order valence-electron chi connectivity index (χ3n) is 3.94. The van der Waals surface area contributed by atoms with Crippen molar-refractivity contribution in [3.05, 3.63) is 0 Å². The molecule has 0 spiro atoms. The van der Waals surface area contributed by atoms with E-state index in [1.54, 1.807) is 13.8 Å². The Labute approximate surface area is 105 Å². The minimum absolute atomic E-state index is 0.582. The minimum atomic E-state index is -0.704. The smallest absolute Gasteiger partial charge is 0.309 e. The summed E-state index contributed by atoms with van der Waals surface area (Å²) in [6.45, 7) is 9.02. The van der Waals surface area contributed by atoms with Gasteiger partial charge >= 0.3 is 5.97 Å². The van der Waals surface area contributed by atoms with Crippen molar-refractivity contribution in [1.82, 2.24) is 5.32 Å². The van der Waals surface area contributed by atoms with E-state index < -0.39 is 11.4 Å². The number of rotatable bonds is 5. The van der Waals surface area contributed by atoms with Crippen LogP contribution in [0.15, 0.2) is 0 Å². The molecule has 1 fully saturated rings.